The maximum atomic E-state index is 12.7. The molecule has 0 spiro atoms. The predicted molar refractivity (Wildman–Crippen MR) is 126 cm³/mol. The van der Waals surface area contributed by atoms with Crippen LogP contribution < -0.4 is 27.1 Å². The molecule has 0 fully saturated rings. The average molecular weight is 483 g/mol. The second kappa shape index (κ2) is 9.72. The topological polar surface area (TPSA) is 98.1 Å². The van der Waals surface area contributed by atoms with Crippen LogP contribution in [0.25, 0.3) is 11.6 Å². The lowest BCUT2D eigenvalue weighted by molar-refractivity contribution is -0.116. The van der Waals surface area contributed by atoms with E-state index in [-0.39, 0.29) is 23.2 Å². The molecule has 1 aromatic heterocycles. The van der Waals surface area contributed by atoms with Gasteiger partial charge in [-0.25, -0.2) is 0 Å². The lowest BCUT2D eigenvalue weighted by Crippen LogP contribution is -2.47. The number of hydrogen-bond donors (Lipinski definition) is 3. The molecular weight excluding hydrogens is 460 g/mol. The third-order valence-corrected chi connectivity index (χ3v) is 5.32. The molecule has 160 valence electrons. The number of anilines is 1. The SMILES string of the molecule is CC(c1ccc(NC(=O)CN(C)C)cc1)=c1[nH]c(=O)c(=Cc2ccccc2Br)[nH]c1=O. The van der Waals surface area contributed by atoms with Crippen LogP contribution in [-0.4, -0.2) is 41.4 Å². The Balaban J connectivity index is 1.96. The normalized spacial score (nSPS) is 12.7. The molecule has 0 atom stereocenters. The third-order valence-electron chi connectivity index (χ3n) is 4.60. The van der Waals surface area contributed by atoms with Gasteiger partial charge in [0.15, 0.2) is 0 Å². The van der Waals surface area contributed by atoms with Crippen molar-refractivity contribution in [1.82, 2.24) is 14.9 Å². The Hall–Kier alpha value is -3.23. The number of H-pyrrole nitrogens is 2. The Morgan fingerprint density at radius 3 is 2.35 bits per heavy atom. The van der Waals surface area contributed by atoms with Crippen LogP contribution in [0.3, 0.4) is 0 Å². The summed E-state index contributed by atoms with van der Waals surface area (Å²) in [7, 11) is 3.64. The van der Waals surface area contributed by atoms with E-state index in [4.69, 9.17) is 0 Å². The molecule has 1 amide bonds. The number of carbonyl (C=O) groups excluding carboxylic acids is 1. The number of aromatic amines is 2. The monoisotopic (exact) mass is 482 g/mol. The van der Waals surface area contributed by atoms with Crippen molar-refractivity contribution in [2.75, 3.05) is 26.0 Å². The van der Waals surface area contributed by atoms with E-state index in [1.807, 2.05) is 38.4 Å². The van der Waals surface area contributed by atoms with E-state index < -0.39 is 11.1 Å². The Labute approximate surface area is 187 Å². The van der Waals surface area contributed by atoms with Crippen molar-refractivity contribution >= 4 is 39.2 Å². The second-order valence-electron chi connectivity index (χ2n) is 7.35. The van der Waals surface area contributed by atoms with Crippen LogP contribution in [0.5, 0.6) is 0 Å². The van der Waals surface area contributed by atoms with Crippen molar-refractivity contribution in [2.24, 2.45) is 0 Å². The molecule has 0 saturated heterocycles. The standard InChI is InChI=1S/C23H23BrN4O3/c1-14(15-8-10-17(11-9-15)25-20(29)13-28(2)3)21-23(31)26-19(22(30)27-21)12-16-6-4-5-7-18(16)24/h4-12H,13H2,1-3H3,(H,25,29)(H,26,31)(H,27,30). The number of amides is 1. The molecule has 0 saturated carbocycles. The van der Waals surface area contributed by atoms with Gasteiger partial charge in [-0.3, -0.25) is 14.4 Å². The van der Waals surface area contributed by atoms with Gasteiger partial charge in [-0.2, -0.15) is 0 Å². The summed E-state index contributed by atoms with van der Waals surface area (Å²) < 4.78 is 0.819. The average Bonchev–Trinajstić information content (AvgIpc) is 2.71. The van der Waals surface area contributed by atoms with E-state index in [1.54, 1.807) is 42.2 Å². The van der Waals surface area contributed by atoms with Gasteiger partial charge in [0.05, 0.1) is 6.54 Å². The number of carbonyl (C=O) groups is 1. The third kappa shape index (κ3) is 5.68. The van der Waals surface area contributed by atoms with E-state index in [9.17, 15) is 14.4 Å². The molecule has 0 aliphatic carbocycles. The lowest BCUT2D eigenvalue weighted by atomic mass is 10.1. The van der Waals surface area contributed by atoms with Crippen LogP contribution >= 0.6 is 15.9 Å². The Morgan fingerprint density at radius 2 is 1.71 bits per heavy atom. The van der Waals surface area contributed by atoms with E-state index >= 15 is 0 Å². The van der Waals surface area contributed by atoms with Gasteiger partial charge >= 0.3 is 0 Å². The zero-order chi connectivity index (χ0) is 22.5. The molecule has 3 aromatic rings. The molecule has 31 heavy (non-hydrogen) atoms. The Bertz CT molecular complexity index is 1340. The summed E-state index contributed by atoms with van der Waals surface area (Å²) in [6, 6.07) is 14.5. The minimum atomic E-state index is -0.391. The van der Waals surface area contributed by atoms with Gasteiger partial charge in [0.1, 0.15) is 10.7 Å². The minimum absolute atomic E-state index is 0.115. The van der Waals surface area contributed by atoms with Gasteiger partial charge < -0.3 is 20.2 Å². The van der Waals surface area contributed by atoms with Crippen molar-refractivity contribution in [3.63, 3.8) is 0 Å². The largest absolute Gasteiger partial charge is 0.325 e. The van der Waals surface area contributed by atoms with Crippen molar-refractivity contribution in [1.29, 1.82) is 0 Å². The molecule has 3 rings (SSSR count). The fourth-order valence-corrected chi connectivity index (χ4v) is 3.43. The number of aromatic nitrogens is 2. The molecule has 8 heteroatoms. The summed E-state index contributed by atoms with van der Waals surface area (Å²) in [5.41, 5.74) is 2.04. The summed E-state index contributed by atoms with van der Waals surface area (Å²) in [5, 5.41) is 3.18. The predicted octanol–water partition coefficient (Wildman–Crippen LogP) is 1.37. The van der Waals surface area contributed by atoms with Crippen LogP contribution in [0.2, 0.25) is 0 Å². The number of benzene rings is 2. The molecule has 0 radical (unpaired) electrons. The molecule has 0 aliphatic heterocycles. The van der Waals surface area contributed by atoms with Crippen LogP contribution in [-0.2, 0) is 4.79 Å². The Morgan fingerprint density at radius 1 is 1.03 bits per heavy atom. The number of nitrogens with zero attached hydrogens (tertiary/aromatic N) is 1. The van der Waals surface area contributed by atoms with Gasteiger partial charge in [0, 0.05) is 10.2 Å². The van der Waals surface area contributed by atoms with Gasteiger partial charge in [-0.15, -0.1) is 0 Å². The summed E-state index contributed by atoms with van der Waals surface area (Å²) in [4.78, 5) is 44.2. The van der Waals surface area contributed by atoms with Crippen LogP contribution in [0, 0.1) is 0 Å². The van der Waals surface area contributed by atoms with Crippen molar-refractivity contribution < 1.29 is 4.79 Å². The number of rotatable bonds is 5. The van der Waals surface area contributed by atoms with Gasteiger partial charge in [-0.1, -0.05) is 46.3 Å². The summed E-state index contributed by atoms with van der Waals surface area (Å²) in [5.74, 6) is -0.115. The first-order valence-corrected chi connectivity index (χ1v) is 10.4. The van der Waals surface area contributed by atoms with Crippen LogP contribution in [0.1, 0.15) is 18.1 Å². The van der Waals surface area contributed by atoms with E-state index in [2.05, 4.69) is 31.2 Å². The highest BCUT2D eigenvalue weighted by Crippen LogP contribution is 2.16. The van der Waals surface area contributed by atoms with E-state index in [1.165, 1.54) is 0 Å². The molecule has 7 nitrogen and oxygen atoms in total. The van der Waals surface area contributed by atoms with Crippen LogP contribution in [0.15, 0.2) is 62.6 Å². The number of halogens is 1. The zero-order valence-corrected chi connectivity index (χ0v) is 19.0. The van der Waals surface area contributed by atoms with Crippen LogP contribution in [0.4, 0.5) is 5.69 Å². The first kappa shape index (κ1) is 22.5. The molecule has 0 bridgehead atoms. The first-order valence-electron chi connectivity index (χ1n) is 9.59. The van der Waals surface area contributed by atoms with E-state index in [0.717, 1.165) is 15.6 Å². The maximum Gasteiger partial charge on any atom is 0.272 e. The molecule has 0 aliphatic rings. The molecule has 1 heterocycles. The number of likely N-dealkylation sites (N-methyl/N-ethyl adjacent to an activating group) is 1. The summed E-state index contributed by atoms with van der Waals surface area (Å²) in [6.07, 6.45) is 1.62. The highest BCUT2D eigenvalue weighted by molar-refractivity contribution is 9.10. The first-order chi connectivity index (χ1) is 14.7. The smallest absolute Gasteiger partial charge is 0.272 e. The molecule has 0 unspecified atom stereocenters. The minimum Gasteiger partial charge on any atom is -0.325 e. The zero-order valence-electron chi connectivity index (χ0n) is 17.5. The quantitative estimate of drug-likeness (QED) is 0.511. The molecular formula is C23H23BrN4O3. The second-order valence-corrected chi connectivity index (χ2v) is 8.21. The Kier molecular flexibility index (Phi) is 7.04. The fourth-order valence-electron chi connectivity index (χ4n) is 3.03. The van der Waals surface area contributed by atoms with Crippen molar-refractivity contribution in [2.45, 2.75) is 6.92 Å². The summed E-state index contributed by atoms with van der Waals surface area (Å²) in [6.45, 7) is 2.05. The van der Waals surface area contributed by atoms with E-state index in [0.29, 0.717) is 11.3 Å². The highest BCUT2D eigenvalue weighted by Gasteiger charge is 2.06. The van der Waals surface area contributed by atoms with Gasteiger partial charge in [0.2, 0.25) is 5.91 Å². The number of nitrogens with one attached hydrogen (secondary N) is 3. The summed E-state index contributed by atoms with van der Waals surface area (Å²) >= 11 is 3.43. The van der Waals surface area contributed by atoms with Gasteiger partial charge in [0.25, 0.3) is 11.1 Å². The van der Waals surface area contributed by atoms with Crippen molar-refractivity contribution in [3.8, 4) is 0 Å². The lowest BCUT2D eigenvalue weighted by Gasteiger charge is -2.10. The number of hydrogen-bond acceptors (Lipinski definition) is 4. The molecule has 3 N–H and O–H groups in total. The maximum absolute atomic E-state index is 12.7. The fraction of sp³-hybridized carbons (Fsp3) is 0.174. The van der Waals surface area contributed by atoms with Crippen molar-refractivity contribution in [3.05, 3.63) is 95.5 Å². The molecule has 2 aromatic carbocycles. The van der Waals surface area contributed by atoms with Gasteiger partial charge in [-0.05, 0) is 62.0 Å². The highest BCUT2D eigenvalue weighted by atomic mass is 79.9.